The van der Waals surface area contributed by atoms with E-state index in [4.69, 9.17) is 14.7 Å². The van der Waals surface area contributed by atoms with Gasteiger partial charge in [0.25, 0.3) is 0 Å². The summed E-state index contributed by atoms with van der Waals surface area (Å²) in [5.41, 5.74) is 1.69. The lowest BCUT2D eigenvalue weighted by atomic mass is 9.75. The van der Waals surface area contributed by atoms with Gasteiger partial charge in [0.15, 0.2) is 0 Å². The average molecular weight is 285 g/mol. The summed E-state index contributed by atoms with van der Waals surface area (Å²) in [4.78, 5) is 0. The molecule has 2 aliphatic rings. The van der Waals surface area contributed by atoms with Crippen LogP contribution in [0.15, 0.2) is 24.3 Å². The van der Waals surface area contributed by atoms with Crippen molar-refractivity contribution >= 4 is 0 Å². The fourth-order valence-corrected chi connectivity index (χ4v) is 3.68. The number of hydrogen-bond donors (Lipinski definition) is 0. The second kappa shape index (κ2) is 5.12. The van der Waals surface area contributed by atoms with E-state index in [1.54, 1.807) is 0 Å². The van der Waals surface area contributed by atoms with E-state index in [-0.39, 0.29) is 17.3 Å². The highest BCUT2D eigenvalue weighted by atomic mass is 16.6. The number of ether oxygens (including phenoxy) is 2. The van der Waals surface area contributed by atoms with Crippen LogP contribution in [0.3, 0.4) is 0 Å². The van der Waals surface area contributed by atoms with Gasteiger partial charge < -0.3 is 9.47 Å². The summed E-state index contributed by atoms with van der Waals surface area (Å²) in [6.45, 7) is 7.26. The molecule has 2 saturated heterocycles. The van der Waals surface area contributed by atoms with Crippen LogP contribution in [0.2, 0.25) is 0 Å². The van der Waals surface area contributed by atoms with Gasteiger partial charge in [0.1, 0.15) is 0 Å². The monoisotopic (exact) mass is 285 g/mol. The fraction of sp³-hybridized carbons (Fsp3) is 0.611. The Morgan fingerprint density at radius 2 is 2.05 bits per heavy atom. The minimum Gasteiger partial charge on any atom is -0.370 e. The Kier molecular flexibility index (Phi) is 3.55. The van der Waals surface area contributed by atoms with Gasteiger partial charge in [-0.2, -0.15) is 5.26 Å². The lowest BCUT2D eigenvalue weighted by Crippen LogP contribution is -2.38. The molecular formula is C18H23NO2. The van der Waals surface area contributed by atoms with Crippen molar-refractivity contribution in [2.24, 2.45) is 5.92 Å². The summed E-state index contributed by atoms with van der Waals surface area (Å²) in [5.74, 6) is 0.530. The van der Waals surface area contributed by atoms with Crippen LogP contribution in [0, 0.1) is 17.2 Å². The van der Waals surface area contributed by atoms with E-state index < -0.39 is 0 Å². The van der Waals surface area contributed by atoms with Crippen molar-refractivity contribution in [2.45, 2.75) is 63.9 Å². The number of rotatable bonds is 4. The molecular weight excluding hydrogens is 262 g/mol. The molecule has 0 N–H and O–H groups in total. The zero-order chi connectivity index (χ0) is 15.1. The molecule has 3 heteroatoms. The minimum atomic E-state index is -0.128. The highest BCUT2D eigenvalue weighted by Crippen LogP contribution is 2.55. The van der Waals surface area contributed by atoms with E-state index in [0.717, 1.165) is 24.8 Å². The average Bonchev–Trinajstić information content (AvgIpc) is 2.98. The molecule has 2 bridgehead atoms. The van der Waals surface area contributed by atoms with E-state index in [2.05, 4.69) is 26.8 Å². The highest BCUT2D eigenvalue weighted by Gasteiger charge is 2.60. The summed E-state index contributed by atoms with van der Waals surface area (Å²) in [6.07, 6.45) is 3.41. The molecule has 0 amide bonds. The molecule has 0 aromatic heterocycles. The molecule has 1 aromatic carbocycles. The van der Waals surface area contributed by atoms with Crippen molar-refractivity contribution in [3.63, 3.8) is 0 Å². The largest absolute Gasteiger partial charge is 0.370 e. The Labute approximate surface area is 126 Å². The smallest absolute Gasteiger partial charge is 0.0991 e. The first kappa shape index (κ1) is 14.6. The maximum atomic E-state index is 8.82. The molecule has 2 fully saturated rings. The van der Waals surface area contributed by atoms with Crippen LogP contribution in [-0.2, 0) is 16.1 Å². The molecule has 3 unspecified atom stereocenters. The van der Waals surface area contributed by atoms with Crippen molar-refractivity contribution in [3.05, 3.63) is 35.4 Å². The molecule has 3 atom stereocenters. The van der Waals surface area contributed by atoms with Gasteiger partial charge in [0.2, 0.25) is 0 Å². The number of nitrogens with zero attached hydrogens (tertiary/aromatic N) is 1. The standard InChI is InChI=1S/C18H23NO2/c1-13(2)18-9-8-17(3,21-18)16(10-18)20-12-15-6-4-14(11-19)5-7-15/h4-7,13,16H,8-10,12H2,1-3H3. The summed E-state index contributed by atoms with van der Waals surface area (Å²) < 4.78 is 12.5. The second-order valence-electron chi connectivity index (χ2n) is 6.95. The summed E-state index contributed by atoms with van der Waals surface area (Å²) in [5, 5.41) is 8.82. The van der Waals surface area contributed by atoms with Crippen molar-refractivity contribution in [2.75, 3.05) is 0 Å². The van der Waals surface area contributed by atoms with E-state index in [1.807, 2.05) is 24.3 Å². The van der Waals surface area contributed by atoms with Crippen molar-refractivity contribution in [1.82, 2.24) is 0 Å². The third-order valence-corrected chi connectivity index (χ3v) is 5.28. The Bertz CT molecular complexity index is 560. The molecule has 0 spiro atoms. The van der Waals surface area contributed by atoms with Gasteiger partial charge in [0, 0.05) is 6.42 Å². The highest BCUT2D eigenvalue weighted by molar-refractivity contribution is 5.31. The second-order valence-corrected chi connectivity index (χ2v) is 6.95. The topological polar surface area (TPSA) is 42.2 Å². The zero-order valence-electron chi connectivity index (χ0n) is 13.1. The maximum absolute atomic E-state index is 8.82. The maximum Gasteiger partial charge on any atom is 0.0991 e. The molecule has 0 saturated carbocycles. The van der Waals surface area contributed by atoms with Gasteiger partial charge in [-0.05, 0) is 43.4 Å². The molecule has 3 nitrogen and oxygen atoms in total. The zero-order valence-corrected chi connectivity index (χ0v) is 13.1. The van der Waals surface area contributed by atoms with Crippen LogP contribution < -0.4 is 0 Å². The molecule has 2 aliphatic heterocycles. The van der Waals surface area contributed by atoms with Crippen molar-refractivity contribution < 1.29 is 9.47 Å². The third-order valence-electron chi connectivity index (χ3n) is 5.28. The first-order valence-corrected chi connectivity index (χ1v) is 7.78. The summed E-state index contributed by atoms with van der Waals surface area (Å²) in [6, 6.07) is 9.75. The lowest BCUT2D eigenvalue weighted by Gasteiger charge is -2.31. The van der Waals surface area contributed by atoms with Crippen LogP contribution >= 0.6 is 0 Å². The van der Waals surface area contributed by atoms with E-state index >= 15 is 0 Å². The summed E-state index contributed by atoms with van der Waals surface area (Å²) >= 11 is 0. The SMILES string of the molecule is CC(C)C12CCC(C)(O1)C(OCc1ccc(C#N)cc1)C2. The Balaban J connectivity index is 1.65. The molecule has 21 heavy (non-hydrogen) atoms. The van der Waals surface area contributed by atoms with E-state index in [0.29, 0.717) is 18.1 Å². The van der Waals surface area contributed by atoms with Crippen molar-refractivity contribution in [3.8, 4) is 6.07 Å². The number of nitriles is 1. The lowest BCUT2D eigenvalue weighted by molar-refractivity contribution is -0.0959. The minimum absolute atomic E-state index is 0.0179. The van der Waals surface area contributed by atoms with Gasteiger partial charge in [-0.25, -0.2) is 0 Å². The predicted octanol–water partition coefficient (Wildman–Crippen LogP) is 3.81. The van der Waals surface area contributed by atoms with Crippen LogP contribution in [0.5, 0.6) is 0 Å². The van der Waals surface area contributed by atoms with Gasteiger partial charge in [-0.15, -0.1) is 0 Å². The molecule has 0 aliphatic carbocycles. The van der Waals surface area contributed by atoms with Crippen molar-refractivity contribution in [1.29, 1.82) is 5.26 Å². The Hall–Kier alpha value is -1.37. The van der Waals surface area contributed by atoms with Crippen LogP contribution in [0.1, 0.15) is 51.2 Å². The third kappa shape index (κ3) is 2.47. The fourth-order valence-electron chi connectivity index (χ4n) is 3.68. The van der Waals surface area contributed by atoms with Gasteiger partial charge in [0.05, 0.1) is 35.5 Å². The number of hydrogen-bond acceptors (Lipinski definition) is 3. The molecule has 0 radical (unpaired) electrons. The van der Waals surface area contributed by atoms with Gasteiger partial charge in [-0.1, -0.05) is 26.0 Å². The van der Waals surface area contributed by atoms with Crippen LogP contribution in [0.25, 0.3) is 0 Å². The molecule has 2 heterocycles. The predicted molar refractivity (Wildman–Crippen MR) is 80.6 cm³/mol. The molecule has 112 valence electrons. The van der Waals surface area contributed by atoms with E-state index in [9.17, 15) is 0 Å². The summed E-state index contributed by atoms with van der Waals surface area (Å²) in [7, 11) is 0. The number of benzene rings is 1. The normalized spacial score (nSPS) is 34.3. The first-order valence-electron chi connectivity index (χ1n) is 7.78. The van der Waals surface area contributed by atoms with Crippen LogP contribution in [-0.4, -0.2) is 17.3 Å². The van der Waals surface area contributed by atoms with Gasteiger partial charge in [-0.3, -0.25) is 0 Å². The van der Waals surface area contributed by atoms with Crippen LogP contribution in [0.4, 0.5) is 0 Å². The van der Waals surface area contributed by atoms with Gasteiger partial charge >= 0.3 is 0 Å². The quantitative estimate of drug-likeness (QED) is 0.844. The number of fused-ring (bicyclic) bond motifs is 2. The Morgan fingerprint density at radius 3 is 2.62 bits per heavy atom. The Morgan fingerprint density at radius 1 is 1.33 bits per heavy atom. The molecule has 1 aromatic rings. The van der Waals surface area contributed by atoms with E-state index in [1.165, 1.54) is 0 Å². The first-order chi connectivity index (χ1) is 9.97. The molecule has 3 rings (SSSR count).